The highest BCUT2D eigenvalue weighted by molar-refractivity contribution is 5.82. The van der Waals surface area contributed by atoms with Crippen molar-refractivity contribution in [2.75, 3.05) is 33.3 Å². The second-order valence-electron chi connectivity index (χ2n) is 10.8. The van der Waals surface area contributed by atoms with Crippen molar-refractivity contribution in [3.63, 3.8) is 0 Å². The molecule has 0 aromatic heterocycles. The number of ether oxygens (including phenoxy) is 1. The lowest BCUT2D eigenvalue weighted by molar-refractivity contribution is -0.134. The molecule has 0 aromatic rings. The minimum Gasteiger partial charge on any atom is -0.395 e. The lowest BCUT2D eigenvalue weighted by Crippen LogP contribution is -2.46. The average Bonchev–Trinajstić information content (AvgIpc) is 3.36. The Bertz CT molecular complexity index is 634. The Morgan fingerprint density at radius 2 is 1.94 bits per heavy atom. The molecule has 5 fully saturated rings. The van der Waals surface area contributed by atoms with Crippen LogP contribution in [-0.2, 0) is 9.53 Å². The first-order valence-corrected chi connectivity index (χ1v) is 12.9. The summed E-state index contributed by atoms with van der Waals surface area (Å²) >= 11 is 0. The minimum absolute atomic E-state index is 0.0276. The van der Waals surface area contributed by atoms with Gasteiger partial charge in [-0.3, -0.25) is 10.2 Å². The number of fused-ring (bicyclic) bond motifs is 5. The van der Waals surface area contributed by atoms with E-state index in [-0.39, 0.29) is 24.7 Å². The van der Waals surface area contributed by atoms with Gasteiger partial charge >= 0.3 is 0 Å². The summed E-state index contributed by atoms with van der Waals surface area (Å²) in [5.74, 6) is 2.43. The minimum atomic E-state index is -0.163. The van der Waals surface area contributed by atoms with Crippen LogP contribution in [0.1, 0.15) is 64.2 Å². The molecule has 2 saturated carbocycles. The normalized spacial score (nSPS) is 44.6. The summed E-state index contributed by atoms with van der Waals surface area (Å²) in [4.78, 5) is 15.1. The monoisotopic (exact) mass is 434 g/mol. The topological polar surface area (TPSA) is 77.1 Å². The van der Waals surface area contributed by atoms with Gasteiger partial charge in [0.05, 0.1) is 24.9 Å². The van der Waals surface area contributed by atoms with Crippen LogP contribution in [0.25, 0.3) is 0 Å². The Hall–Kier alpha value is -0.730. The molecule has 0 radical (unpaired) electrons. The van der Waals surface area contributed by atoms with E-state index in [0.29, 0.717) is 30.7 Å². The molecule has 4 bridgehead atoms. The highest BCUT2D eigenvalue weighted by Gasteiger charge is 2.48. The molecule has 0 aromatic carbocycles. The molecule has 0 spiro atoms. The molecule has 3 saturated heterocycles. The molecule has 7 heteroatoms. The standard InChI is InChI=1S/C24H42N4O3/c1-27-22-9-4-10-28(11-12-29)24(30)21-14-18(15-25-21)31-17-6-2-5-16(13-17)19-7-3-8-20(26-27)23(19)22/h16-23,25-26,29H,2-15H2,1H3/t16?,17?,18-,19?,20?,21-,22?,23?/m0/s1. The van der Waals surface area contributed by atoms with Gasteiger partial charge in [0.2, 0.25) is 5.91 Å². The van der Waals surface area contributed by atoms with Crippen LogP contribution in [0.2, 0.25) is 0 Å². The molecule has 2 aliphatic carbocycles. The summed E-state index contributed by atoms with van der Waals surface area (Å²) < 4.78 is 6.59. The van der Waals surface area contributed by atoms with Gasteiger partial charge in [-0.15, -0.1) is 0 Å². The zero-order valence-corrected chi connectivity index (χ0v) is 19.2. The number of rotatable bonds is 2. The van der Waals surface area contributed by atoms with Crippen molar-refractivity contribution in [1.29, 1.82) is 0 Å². The van der Waals surface area contributed by atoms with Crippen molar-refractivity contribution >= 4 is 5.91 Å². The number of carbonyl (C=O) groups excluding carboxylic acids is 1. The van der Waals surface area contributed by atoms with E-state index in [1.54, 1.807) is 0 Å². The van der Waals surface area contributed by atoms with Gasteiger partial charge in [-0.2, -0.15) is 0 Å². The summed E-state index contributed by atoms with van der Waals surface area (Å²) in [6.07, 6.45) is 12.4. The number of β-amino-alcohol motifs (C(OH)–C–C–N with tert-alkyl or cyclic N) is 1. The number of hydrogen-bond acceptors (Lipinski definition) is 6. The van der Waals surface area contributed by atoms with Crippen molar-refractivity contribution in [2.24, 2.45) is 17.8 Å². The van der Waals surface area contributed by atoms with Gasteiger partial charge in [0.1, 0.15) is 0 Å². The highest BCUT2D eigenvalue weighted by atomic mass is 16.5. The van der Waals surface area contributed by atoms with Crippen molar-refractivity contribution in [1.82, 2.24) is 20.7 Å². The van der Waals surface area contributed by atoms with Crippen LogP contribution in [0.4, 0.5) is 0 Å². The van der Waals surface area contributed by atoms with Crippen molar-refractivity contribution in [3.05, 3.63) is 0 Å². The quantitative estimate of drug-likeness (QED) is 0.612. The van der Waals surface area contributed by atoms with E-state index in [0.717, 1.165) is 44.2 Å². The van der Waals surface area contributed by atoms with E-state index in [9.17, 15) is 9.90 Å². The van der Waals surface area contributed by atoms with E-state index in [4.69, 9.17) is 4.74 Å². The number of hydrogen-bond donors (Lipinski definition) is 3. The summed E-state index contributed by atoms with van der Waals surface area (Å²) in [6, 6.07) is 0.993. The number of hydrazine groups is 1. The van der Waals surface area contributed by atoms with E-state index >= 15 is 0 Å². The van der Waals surface area contributed by atoms with Crippen molar-refractivity contribution < 1.29 is 14.6 Å². The first-order valence-electron chi connectivity index (χ1n) is 12.9. The smallest absolute Gasteiger partial charge is 0.239 e. The Morgan fingerprint density at radius 3 is 2.81 bits per heavy atom. The molecule has 3 N–H and O–H groups in total. The number of amides is 1. The van der Waals surface area contributed by atoms with Gasteiger partial charge < -0.3 is 20.1 Å². The van der Waals surface area contributed by atoms with E-state index < -0.39 is 0 Å². The molecule has 176 valence electrons. The third kappa shape index (κ3) is 4.54. The zero-order valence-electron chi connectivity index (χ0n) is 19.2. The fraction of sp³-hybridized carbons (Fsp3) is 0.958. The summed E-state index contributed by atoms with van der Waals surface area (Å²) in [5.41, 5.74) is 3.80. The number of nitrogens with one attached hydrogen (secondary N) is 2. The van der Waals surface area contributed by atoms with Gasteiger partial charge in [-0.25, -0.2) is 5.01 Å². The lowest BCUT2D eigenvalue weighted by atomic mass is 9.64. The molecular weight excluding hydrogens is 392 g/mol. The van der Waals surface area contributed by atoms with Crippen LogP contribution >= 0.6 is 0 Å². The predicted molar refractivity (Wildman–Crippen MR) is 119 cm³/mol. The molecule has 7 nitrogen and oxygen atoms in total. The molecule has 31 heavy (non-hydrogen) atoms. The van der Waals surface area contributed by atoms with Crippen LogP contribution in [0.15, 0.2) is 0 Å². The second kappa shape index (κ2) is 9.64. The van der Waals surface area contributed by atoms with Crippen molar-refractivity contribution in [3.8, 4) is 0 Å². The fourth-order valence-electron chi connectivity index (χ4n) is 7.64. The number of aliphatic hydroxyl groups excluding tert-OH is 1. The van der Waals surface area contributed by atoms with E-state index in [2.05, 4.69) is 22.8 Å². The van der Waals surface area contributed by atoms with E-state index in [1.807, 2.05) is 4.90 Å². The Labute approximate surface area is 187 Å². The molecule has 6 unspecified atom stereocenters. The maximum Gasteiger partial charge on any atom is 0.239 e. The van der Waals surface area contributed by atoms with Crippen LogP contribution in [-0.4, -0.2) is 84.5 Å². The Balaban J connectivity index is 1.39. The van der Waals surface area contributed by atoms with Crippen LogP contribution < -0.4 is 10.7 Å². The average molecular weight is 435 g/mol. The van der Waals surface area contributed by atoms with Gasteiger partial charge in [0.25, 0.3) is 0 Å². The fourth-order valence-corrected chi connectivity index (χ4v) is 7.64. The van der Waals surface area contributed by atoms with Crippen molar-refractivity contribution in [2.45, 2.75) is 94.5 Å². The first kappa shape index (κ1) is 22.1. The van der Waals surface area contributed by atoms with Gasteiger partial charge in [0, 0.05) is 38.8 Å². The molecule has 8 atom stereocenters. The van der Waals surface area contributed by atoms with Crippen LogP contribution in [0.5, 0.6) is 0 Å². The summed E-state index contributed by atoms with van der Waals surface area (Å²) in [5, 5.41) is 15.4. The molecule has 3 heterocycles. The molecule has 5 rings (SSSR count). The predicted octanol–water partition coefficient (Wildman–Crippen LogP) is 1.51. The SMILES string of the molecule is CN1NC2CCCC3C4CCCC(C4)O[C@@H]4CN[C@@H](C4)C(=O)N(CCO)CCCC1C23. The van der Waals surface area contributed by atoms with Gasteiger partial charge in [0.15, 0.2) is 0 Å². The number of nitrogens with zero attached hydrogens (tertiary/aromatic N) is 2. The summed E-state index contributed by atoms with van der Waals surface area (Å²) in [6.45, 7) is 1.97. The largest absolute Gasteiger partial charge is 0.395 e. The zero-order chi connectivity index (χ0) is 21.4. The third-order valence-electron chi connectivity index (χ3n) is 8.98. The maximum absolute atomic E-state index is 13.2. The van der Waals surface area contributed by atoms with Gasteiger partial charge in [-0.05, 0) is 69.1 Å². The second-order valence-corrected chi connectivity index (χ2v) is 10.8. The van der Waals surface area contributed by atoms with Gasteiger partial charge in [-0.1, -0.05) is 12.8 Å². The van der Waals surface area contributed by atoms with Crippen LogP contribution in [0, 0.1) is 17.8 Å². The Kier molecular flexibility index (Phi) is 6.86. The molecular formula is C24H42N4O3. The first-order chi connectivity index (χ1) is 15.1. The lowest BCUT2D eigenvalue weighted by Gasteiger charge is -2.43. The molecule has 5 aliphatic rings. The summed E-state index contributed by atoms with van der Waals surface area (Å²) in [7, 11) is 2.22. The molecule has 3 aliphatic heterocycles. The van der Waals surface area contributed by atoms with Crippen LogP contribution in [0.3, 0.4) is 0 Å². The molecule has 1 amide bonds. The maximum atomic E-state index is 13.2. The number of carbonyl (C=O) groups is 1. The number of aliphatic hydroxyl groups is 1. The van der Waals surface area contributed by atoms with E-state index in [1.165, 1.54) is 44.9 Å². The highest BCUT2D eigenvalue weighted by Crippen LogP contribution is 2.47. The Morgan fingerprint density at radius 1 is 1.06 bits per heavy atom. The third-order valence-corrected chi connectivity index (χ3v) is 8.98.